The largest absolute Gasteiger partial charge is 0.298 e. The number of carbonyl (C=O) groups is 2. The summed E-state index contributed by atoms with van der Waals surface area (Å²) in [6.45, 7) is 0. The molecule has 0 aromatic heterocycles. The van der Waals surface area contributed by atoms with Gasteiger partial charge < -0.3 is 0 Å². The van der Waals surface area contributed by atoms with E-state index in [9.17, 15) is 9.59 Å². The monoisotopic (exact) mass is 352 g/mol. The molecule has 4 aromatic rings. The van der Waals surface area contributed by atoms with Gasteiger partial charge in [-0.2, -0.15) is 0 Å². The first kappa shape index (κ1) is 17.2. The van der Waals surface area contributed by atoms with Gasteiger partial charge in [-0.1, -0.05) is 72.8 Å². The topological polar surface area (TPSA) is 34.1 Å². The highest BCUT2D eigenvalue weighted by Crippen LogP contribution is 2.25. The molecule has 0 bridgehead atoms. The van der Waals surface area contributed by atoms with Crippen LogP contribution in [0.15, 0.2) is 72.8 Å². The second kappa shape index (κ2) is 7.55. The summed E-state index contributed by atoms with van der Waals surface area (Å²) in [5, 5.41) is 4.35. The Morgan fingerprint density at radius 1 is 0.519 bits per heavy atom. The summed E-state index contributed by atoms with van der Waals surface area (Å²) in [5.74, 6) is 0. The first-order valence-corrected chi connectivity index (χ1v) is 9.23. The average Bonchev–Trinajstić information content (AvgIpc) is 2.73. The molecule has 0 fully saturated rings. The van der Waals surface area contributed by atoms with Crippen LogP contribution in [0, 0.1) is 0 Å². The van der Waals surface area contributed by atoms with Crippen LogP contribution in [-0.4, -0.2) is 12.6 Å². The quantitative estimate of drug-likeness (QED) is 0.411. The Hall–Kier alpha value is -3.26. The van der Waals surface area contributed by atoms with E-state index in [2.05, 4.69) is 24.3 Å². The van der Waals surface area contributed by atoms with Crippen molar-refractivity contribution in [2.24, 2.45) is 0 Å². The van der Waals surface area contributed by atoms with Crippen molar-refractivity contribution >= 4 is 34.1 Å². The van der Waals surface area contributed by atoms with Crippen LogP contribution in [-0.2, 0) is 12.8 Å². The number of aldehydes is 2. The van der Waals surface area contributed by atoms with Crippen molar-refractivity contribution < 1.29 is 9.59 Å². The van der Waals surface area contributed by atoms with Gasteiger partial charge in [0.05, 0.1) is 0 Å². The Kier molecular flexibility index (Phi) is 4.80. The van der Waals surface area contributed by atoms with E-state index >= 15 is 0 Å². The molecule has 0 heterocycles. The van der Waals surface area contributed by atoms with E-state index in [-0.39, 0.29) is 0 Å². The van der Waals surface area contributed by atoms with Crippen molar-refractivity contribution in [1.29, 1.82) is 0 Å². The Bertz CT molecular complexity index is 1050. The van der Waals surface area contributed by atoms with Crippen molar-refractivity contribution in [2.45, 2.75) is 19.3 Å². The number of carbonyl (C=O) groups excluding carboxylic acids is 2. The number of hydrogen-bond donors (Lipinski definition) is 0. The second-order valence-electron chi connectivity index (χ2n) is 6.81. The zero-order valence-electron chi connectivity index (χ0n) is 15.0. The van der Waals surface area contributed by atoms with Crippen LogP contribution >= 0.6 is 0 Å². The lowest BCUT2D eigenvalue weighted by Crippen LogP contribution is -1.94. The smallest absolute Gasteiger partial charge is 0.150 e. The molecular weight excluding hydrogens is 332 g/mol. The Morgan fingerprint density at radius 3 is 1.37 bits per heavy atom. The van der Waals surface area contributed by atoms with Gasteiger partial charge in [0.2, 0.25) is 0 Å². The van der Waals surface area contributed by atoms with Crippen molar-refractivity contribution in [1.82, 2.24) is 0 Å². The van der Waals surface area contributed by atoms with E-state index in [0.29, 0.717) is 0 Å². The fourth-order valence-electron chi connectivity index (χ4n) is 3.91. The molecular formula is C25H20O2. The van der Waals surface area contributed by atoms with E-state index in [1.807, 2.05) is 48.5 Å². The fourth-order valence-corrected chi connectivity index (χ4v) is 3.91. The molecule has 2 nitrogen and oxygen atoms in total. The van der Waals surface area contributed by atoms with E-state index in [1.54, 1.807) is 0 Å². The molecule has 2 heteroatoms. The molecule has 0 atom stereocenters. The summed E-state index contributed by atoms with van der Waals surface area (Å²) in [4.78, 5) is 22.6. The minimum Gasteiger partial charge on any atom is -0.298 e. The molecule has 0 aliphatic heterocycles. The molecule has 27 heavy (non-hydrogen) atoms. The minimum atomic E-state index is 0.741. The molecule has 0 N–H and O–H groups in total. The number of fused-ring (bicyclic) bond motifs is 2. The summed E-state index contributed by atoms with van der Waals surface area (Å²) < 4.78 is 0. The first-order chi connectivity index (χ1) is 13.3. The zero-order chi connectivity index (χ0) is 18.6. The van der Waals surface area contributed by atoms with Gasteiger partial charge in [0.15, 0.2) is 12.6 Å². The van der Waals surface area contributed by atoms with Gasteiger partial charge in [-0.15, -0.1) is 0 Å². The van der Waals surface area contributed by atoms with Gasteiger partial charge in [-0.25, -0.2) is 0 Å². The van der Waals surface area contributed by atoms with Crippen LogP contribution < -0.4 is 0 Å². The molecule has 132 valence electrons. The van der Waals surface area contributed by atoms with Crippen LogP contribution in [0.5, 0.6) is 0 Å². The lowest BCUT2D eigenvalue weighted by atomic mass is 9.94. The van der Waals surface area contributed by atoms with Crippen molar-refractivity contribution in [2.75, 3.05) is 0 Å². The molecule has 0 amide bonds. The predicted molar refractivity (Wildman–Crippen MR) is 111 cm³/mol. The fraction of sp³-hybridized carbons (Fsp3) is 0.120. The lowest BCUT2D eigenvalue weighted by molar-refractivity contribution is 0.111. The number of benzene rings is 4. The summed E-state index contributed by atoms with van der Waals surface area (Å²) in [6, 6.07) is 24.1. The van der Waals surface area contributed by atoms with E-state index in [4.69, 9.17) is 0 Å². The lowest BCUT2D eigenvalue weighted by Gasteiger charge is -2.10. The Labute approximate surface area is 158 Å². The van der Waals surface area contributed by atoms with E-state index < -0.39 is 0 Å². The predicted octanol–water partition coefficient (Wildman–Crippen LogP) is 5.79. The van der Waals surface area contributed by atoms with Crippen LogP contribution in [0.1, 0.15) is 38.3 Å². The highest BCUT2D eigenvalue weighted by Gasteiger charge is 2.07. The van der Waals surface area contributed by atoms with Gasteiger partial charge in [0, 0.05) is 11.1 Å². The van der Waals surface area contributed by atoms with E-state index in [1.165, 1.54) is 11.1 Å². The molecule has 0 spiro atoms. The van der Waals surface area contributed by atoms with Gasteiger partial charge in [0.1, 0.15) is 0 Å². The molecule has 0 aliphatic rings. The van der Waals surface area contributed by atoms with Gasteiger partial charge >= 0.3 is 0 Å². The first-order valence-electron chi connectivity index (χ1n) is 9.23. The SMILES string of the molecule is O=Cc1cccc2c(CCCc3cccc4c(C=O)cccc34)cccc12. The third kappa shape index (κ3) is 3.26. The maximum Gasteiger partial charge on any atom is 0.150 e. The summed E-state index contributed by atoms with van der Waals surface area (Å²) in [7, 11) is 0. The van der Waals surface area contributed by atoms with Gasteiger partial charge in [-0.05, 0) is 51.9 Å². The van der Waals surface area contributed by atoms with E-state index in [0.717, 1.165) is 64.5 Å². The zero-order valence-corrected chi connectivity index (χ0v) is 15.0. The van der Waals surface area contributed by atoms with Crippen molar-refractivity contribution in [3.63, 3.8) is 0 Å². The maximum atomic E-state index is 11.3. The summed E-state index contributed by atoms with van der Waals surface area (Å²) in [5.41, 5.74) is 4.02. The molecule has 0 saturated carbocycles. The molecule has 0 aliphatic carbocycles. The highest BCUT2D eigenvalue weighted by atomic mass is 16.1. The number of hydrogen-bond acceptors (Lipinski definition) is 2. The average molecular weight is 352 g/mol. The van der Waals surface area contributed by atoms with Crippen LogP contribution in [0.4, 0.5) is 0 Å². The van der Waals surface area contributed by atoms with Gasteiger partial charge in [-0.3, -0.25) is 9.59 Å². The third-order valence-electron chi connectivity index (χ3n) is 5.24. The number of rotatable bonds is 6. The van der Waals surface area contributed by atoms with Gasteiger partial charge in [0.25, 0.3) is 0 Å². The van der Waals surface area contributed by atoms with Crippen LogP contribution in [0.25, 0.3) is 21.5 Å². The van der Waals surface area contributed by atoms with Crippen LogP contribution in [0.2, 0.25) is 0 Å². The summed E-state index contributed by atoms with van der Waals surface area (Å²) in [6.07, 6.45) is 4.75. The second-order valence-corrected chi connectivity index (χ2v) is 6.81. The highest BCUT2D eigenvalue weighted by molar-refractivity contribution is 6.00. The minimum absolute atomic E-state index is 0.741. The third-order valence-corrected chi connectivity index (χ3v) is 5.24. The Balaban J connectivity index is 1.59. The molecule has 4 aromatic carbocycles. The summed E-state index contributed by atoms with van der Waals surface area (Å²) >= 11 is 0. The van der Waals surface area contributed by atoms with Crippen LogP contribution in [0.3, 0.4) is 0 Å². The van der Waals surface area contributed by atoms with Crippen molar-refractivity contribution in [3.05, 3.63) is 95.1 Å². The number of aryl methyl sites for hydroxylation is 2. The van der Waals surface area contributed by atoms with Crippen molar-refractivity contribution in [3.8, 4) is 0 Å². The standard InChI is InChI=1S/C25H20O2/c26-16-20-10-4-12-22-18(8-2-14-24(20)22)6-1-7-19-9-3-15-25-21(17-27)11-5-13-23(19)25/h2-5,8-17H,1,6-7H2. The molecule has 0 unspecified atom stereocenters. The molecule has 0 saturated heterocycles. The molecule has 4 rings (SSSR count). The maximum absolute atomic E-state index is 11.3. The Morgan fingerprint density at radius 2 is 0.926 bits per heavy atom. The normalized spacial score (nSPS) is 11.0. The molecule has 0 radical (unpaired) electrons.